The van der Waals surface area contributed by atoms with Gasteiger partial charge in [0, 0.05) is 38.4 Å². The van der Waals surface area contributed by atoms with Crippen molar-refractivity contribution in [2.24, 2.45) is 5.92 Å². The van der Waals surface area contributed by atoms with E-state index in [1.165, 1.54) is 205 Å². The predicted octanol–water partition coefficient (Wildman–Crippen LogP) is 17.2. The third-order valence-electron chi connectivity index (χ3n) is 14.6. The van der Waals surface area contributed by atoms with Crippen LogP contribution in [0.25, 0.3) is 0 Å². The molecule has 0 fully saturated rings. The molecule has 0 spiro atoms. The molecule has 0 aromatic heterocycles. The van der Waals surface area contributed by atoms with Crippen LogP contribution in [0.2, 0.25) is 0 Å². The molecule has 4 N–H and O–H groups in total. The maximum absolute atomic E-state index is 13.5. The summed E-state index contributed by atoms with van der Waals surface area (Å²) in [4.78, 5) is 52.0. The van der Waals surface area contributed by atoms with Gasteiger partial charge in [0.25, 0.3) is 0 Å². The summed E-state index contributed by atoms with van der Waals surface area (Å²) in [6, 6.07) is -0.429. The molecule has 2 atom stereocenters. The number of rotatable bonds is 55. The fourth-order valence-corrected chi connectivity index (χ4v) is 9.73. The molecular weight excluding hydrogens is 853 g/mol. The Morgan fingerprint density at radius 1 is 0.304 bits per heavy atom. The van der Waals surface area contributed by atoms with Crippen LogP contribution in [0.1, 0.15) is 336 Å². The van der Waals surface area contributed by atoms with E-state index in [0.29, 0.717) is 44.7 Å². The van der Waals surface area contributed by atoms with E-state index < -0.39 is 6.04 Å². The summed E-state index contributed by atoms with van der Waals surface area (Å²) in [6.07, 6.45) is 55.2. The number of carbonyl (C=O) groups excluding carboxylic acids is 4. The normalized spacial score (nSPS) is 12.3. The van der Waals surface area contributed by atoms with Gasteiger partial charge in [-0.1, -0.05) is 259 Å². The highest BCUT2D eigenvalue weighted by Gasteiger charge is 2.21. The molecule has 408 valence electrons. The fraction of sp³-hybridized carbons (Fsp3) is 0.934. The van der Waals surface area contributed by atoms with E-state index in [1.54, 1.807) is 0 Å². The molecule has 0 aromatic rings. The molecule has 69 heavy (non-hydrogen) atoms. The second kappa shape index (κ2) is 53.7. The molecule has 0 unspecified atom stereocenters. The minimum atomic E-state index is -0.566. The molecule has 0 aliphatic rings. The molecule has 0 saturated heterocycles. The lowest BCUT2D eigenvalue weighted by molar-refractivity contribution is -0.129. The first kappa shape index (κ1) is 66.9. The van der Waals surface area contributed by atoms with Crippen LogP contribution in [0.15, 0.2) is 0 Å². The summed E-state index contributed by atoms with van der Waals surface area (Å²) in [5, 5.41) is 12.6. The monoisotopic (exact) mass is 973 g/mol. The van der Waals surface area contributed by atoms with E-state index in [0.717, 1.165) is 70.6 Å². The molecule has 0 aliphatic heterocycles. The van der Waals surface area contributed by atoms with Gasteiger partial charge in [0.2, 0.25) is 23.6 Å². The number of carbonyl (C=O) groups is 4. The van der Waals surface area contributed by atoms with E-state index in [1.807, 2.05) is 0 Å². The molecule has 0 saturated carbocycles. The number of amides is 4. The van der Waals surface area contributed by atoms with Gasteiger partial charge in [0.1, 0.15) is 6.04 Å². The summed E-state index contributed by atoms with van der Waals surface area (Å²) in [5.74, 6) is 0.487. The van der Waals surface area contributed by atoms with Crippen molar-refractivity contribution < 1.29 is 19.2 Å². The van der Waals surface area contributed by atoms with Crippen molar-refractivity contribution in [1.29, 1.82) is 0 Å². The van der Waals surface area contributed by atoms with Crippen LogP contribution >= 0.6 is 0 Å². The van der Waals surface area contributed by atoms with Crippen molar-refractivity contribution in [3.63, 3.8) is 0 Å². The Hall–Kier alpha value is -2.12. The zero-order valence-electron chi connectivity index (χ0n) is 47.0. The third-order valence-corrected chi connectivity index (χ3v) is 14.6. The number of hydrogen-bond acceptors (Lipinski definition) is 4. The average molecular weight is 974 g/mol. The smallest absolute Gasteiger partial charge is 0.242 e. The van der Waals surface area contributed by atoms with Crippen molar-refractivity contribution in [1.82, 2.24) is 21.3 Å². The van der Waals surface area contributed by atoms with Gasteiger partial charge in [-0.25, -0.2) is 0 Å². The van der Waals surface area contributed by atoms with Gasteiger partial charge in [0.15, 0.2) is 0 Å². The highest BCUT2D eigenvalue weighted by Crippen LogP contribution is 2.17. The summed E-state index contributed by atoms with van der Waals surface area (Å²) in [7, 11) is 0. The number of unbranched alkanes of at least 4 members (excludes halogenated alkanes) is 37. The van der Waals surface area contributed by atoms with Gasteiger partial charge in [-0.15, -0.1) is 0 Å². The minimum absolute atomic E-state index is 0.0392. The second-order valence-corrected chi connectivity index (χ2v) is 21.8. The van der Waals surface area contributed by atoms with Crippen LogP contribution in [-0.2, 0) is 19.2 Å². The Kier molecular flexibility index (Phi) is 52.0. The van der Waals surface area contributed by atoms with Crippen molar-refractivity contribution >= 4 is 23.6 Å². The topological polar surface area (TPSA) is 116 Å². The lowest BCUT2D eigenvalue weighted by Crippen LogP contribution is -2.47. The first-order chi connectivity index (χ1) is 33.7. The van der Waals surface area contributed by atoms with Crippen LogP contribution < -0.4 is 21.3 Å². The SMILES string of the molecule is CCCCCCCCCCCCCCCC(=O)NCCCC[C@H](NC(=O)CCCCCCCCCCCCCC)C(=O)NCCCC[C@H](NC(=O)CCCCCCCCCCCCCCC)C(C)C. The summed E-state index contributed by atoms with van der Waals surface area (Å²) < 4.78 is 0. The molecule has 0 bridgehead atoms. The quantitative estimate of drug-likeness (QED) is 0.0454. The predicted molar refractivity (Wildman–Crippen MR) is 299 cm³/mol. The minimum Gasteiger partial charge on any atom is -0.356 e. The molecule has 0 aliphatic carbocycles. The number of hydrogen-bond donors (Lipinski definition) is 4. The van der Waals surface area contributed by atoms with E-state index >= 15 is 0 Å². The van der Waals surface area contributed by atoms with Crippen LogP contribution in [0.5, 0.6) is 0 Å². The molecule has 4 amide bonds. The summed E-state index contributed by atoms with van der Waals surface area (Å²) in [5.41, 5.74) is 0. The lowest BCUT2D eigenvalue weighted by atomic mass is 9.97. The van der Waals surface area contributed by atoms with Gasteiger partial charge >= 0.3 is 0 Å². The third kappa shape index (κ3) is 49.3. The van der Waals surface area contributed by atoms with E-state index in [-0.39, 0.29) is 29.7 Å². The van der Waals surface area contributed by atoms with E-state index in [9.17, 15) is 19.2 Å². The van der Waals surface area contributed by atoms with Gasteiger partial charge < -0.3 is 21.3 Å². The first-order valence-corrected chi connectivity index (χ1v) is 30.9. The zero-order chi connectivity index (χ0) is 50.5. The maximum Gasteiger partial charge on any atom is 0.242 e. The van der Waals surface area contributed by atoms with Crippen LogP contribution in [0, 0.1) is 5.92 Å². The number of nitrogens with one attached hydrogen (secondary N) is 4. The standard InChI is InChI=1S/C61H120N4O4/c1-6-9-12-15-18-21-24-27-30-32-35-38-41-50-58(66)62-53-46-45-49-57(65-60(68)52-43-40-37-33-29-26-23-20-17-14-11-8-3)61(69)63-54-47-44-48-56(55(4)5)64-59(67)51-42-39-36-34-31-28-25-22-19-16-13-10-7-2/h55-57H,6-54H2,1-5H3,(H,62,66)(H,63,69)(H,64,67)(H,65,68)/t56-,57-/m0/s1. The second-order valence-electron chi connectivity index (χ2n) is 21.8. The Morgan fingerprint density at radius 2 is 0.594 bits per heavy atom. The zero-order valence-corrected chi connectivity index (χ0v) is 47.0. The summed E-state index contributed by atoms with van der Waals surface area (Å²) in [6.45, 7) is 12.3. The Bertz CT molecular complexity index is 1130. The van der Waals surface area contributed by atoms with Crippen molar-refractivity contribution in [2.45, 2.75) is 348 Å². The van der Waals surface area contributed by atoms with Crippen LogP contribution in [0.3, 0.4) is 0 Å². The van der Waals surface area contributed by atoms with Gasteiger partial charge in [-0.2, -0.15) is 0 Å². The van der Waals surface area contributed by atoms with Crippen molar-refractivity contribution in [3.05, 3.63) is 0 Å². The fourth-order valence-electron chi connectivity index (χ4n) is 9.73. The van der Waals surface area contributed by atoms with Gasteiger partial charge in [0.05, 0.1) is 0 Å². The highest BCUT2D eigenvalue weighted by atomic mass is 16.2. The van der Waals surface area contributed by atoms with Crippen LogP contribution in [0.4, 0.5) is 0 Å². The van der Waals surface area contributed by atoms with E-state index in [2.05, 4.69) is 55.9 Å². The Balaban J connectivity index is 4.56. The molecule has 0 heterocycles. The molecule has 0 aromatic carbocycles. The molecule has 8 nitrogen and oxygen atoms in total. The van der Waals surface area contributed by atoms with Crippen molar-refractivity contribution in [2.75, 3.05) is 13.1 Å². The average Bonchev–Trinajstić information content (AvgIpc) is 3.33. The van der Waals surface area contributed by atoms with Crippen LogP contribution in [-0.4, -0.2) is 48.8 Å². The first-order valence-electron chi connectivity index (χ1n) is 30.9. The maximum atomic E-state index is 13.5. The molecule has 0 rings (SSSR count). The molecule has 0 radical (unpaired) electrons. The largest absolute Gasteiger partial charge is 0.356 e. The van der Waals surface area contributed by atoms with Gasteiger partial charge in [-0.3, -0.25) is 19.2 Å². The highest BCUT2D eigenvalue weighted by molar-refractivity contribution is 5.87. The Labute approximate surface area is 429 Å². The van der Waals surface area contributed by atoms with Crippen molar-refractivity contribution in [3.8, 4) is 0 Å². The Morgan fingerprint density at radius 3 is 0.942 bits per heavy atom. The molecule has 8 heteroatoms. The van der Waals surface area contributed by atoms with Gasteiger partial charge in [-0.05, 0) is 63.7 Å². The summed E-state index contributed by atoms with van der Waals surface area (Å²) >= 11 is 0. The molecular formula is C61H120N4O4. The lowest BCUT2D eigenvalue weighted by Gasteiger charge is -2.23. The van der Waals surface area contributed by atoms with E-state index in [4.69, 9.17) is 0 Å².